The molecule has 1 N–H and O–H groups in total. The molecule has 1 aliphatic rings. The molecule has 1 aliphatic heterocycles. The molecule has 0 unspecified atom stereocenters. The van der Waals surface area contributed by atoms with Crippen LogP contribution in [0.4, 0.5) is 0 Å². The van der Waals surface area contributed by atoms with Gasteiger partial charge < -0.3 is 14.6 Å². The number of allylic oxidation sites excluding steroid dienone is 1. The number of phenols is 1. The Morgan fingerprint density at radius 2 is 2.03 bits per heavy atom. The average Bonchev–Trinajstić information content (AvgIpc) is 3.29. The maximum Gasteiger partial charge on any atom is 0.189 e. The quantitative estimate of drug-likeness (QED) is 0.228. The van der Waals surface area contributed by atoms with Crippen LogP contribution in [0.25, 0.3) is 6.08 Å². The van der Waals surface area contributed by atoms with Gasteiger partial charge in [-0.05, 0) is 68.5 Å². The van der Waals surface area contributed by atoms with E-state index >= 15 is 0 Å². The van der Waals surface area contributed by atoms with Crippen molar-refractivity contribution in [2.24, 2.45) is 0 Å². The number of nitrogens with zero attached hydrogens (tertiary/aromatic N) is 3. The highest BCUT2D eigenvalue weighted by molar-refractivity contribution is 6.08. The predicted molar refractivity (Wildman–Crippen MR) is 135 cm³/mol. The van der Waals surface area contributed by atoms with Gasteiger partial charge in [-0.15, -0.1) is 5.10 Å². The zero-order chi connectivity index (χ0) is 24.8. The van der Waals surface area contributed by atoms with Crippen LogP contribution in [-0.4, -0.2) is 31.5 Å². The van der Waals surface area contributed by atoms with Crippen LogP contribution in [0.2, 0.25) is 0 Å². The molecule has 2 heterocycles. The number of ketones is 1. The lowest BCUT2D eigenvalue weighted by Crippen LogP contribution is -2.32. The monoisotopic (exact) mass is 475 g/mol. The highest BCUT2D eigenvalue weighted by atomic mass is 16.5. The third-order valence-corrected chi connectivity index (χ3v) is 6.10. The van der Waals surface area contributed by atoms with Crippen LogP contribution in [0.5, 0.6) is 17.2 Å². The summed E-state index contributed by atoms with van der Waals surface area (Å²) in [6, 6.07) is 10.7. The van der Waals surface area contributed by atoms with Gasteiger partial charge >= 0.3 is 0 Å². The second-order valence-electron chi connectivity index (χ2n) is 9.57. The number of phenolic OH excluding ortho intramolecular Hbond substituents is 1. The first kappa shape index (κ1) is 24.5. The molecule has 0 saturated heterocycles. The molecule has 4 rings (SSSR count). The van der Waals surface area contributed by atoms with Crippen LogP contribution in [0, 0.1) is 0 Å². The van der Waals surface area contributed by atoms with Crippen LogP contribution < -0.4 is 9.47 Å². The molecule has 0 fully saturated rings. The number of unbranched alkanes of at least 4 members (excludes halogenated alkanes) is 2. The van der Waals surface area contributed by atoms with E-state index in [0.717, 1.165) is 42.6 Å². The fourth-order valence-corrected chi connectivity index (χ4v) is 4.02. The van der Waals surface area contributed by atoms with Gasteiger partial charge in [-0.1, -0.05) is 43.2 Å². The molecule has 0 radical (unpaired) electrons. The van der Waals surface area contributed by atoms with Crippen LogP contribution in [0.15, 0.2) is 48.7 Å². The van der Waals surface area contributed by atoms with Gasteiger partial charge in [-0.25, -0.2) is 0 Å². The Bertz CT molecular complexity index is 1200. The first-order chi connectivity index (χ1) is 16.8. The van der Waals surface area contributed by atoms with Crippen molar-refractivity contribution in [3.05, 3.63) is 71.1 Å². The molecule has 7 heteroatoms. The summed E-state index contributed by atoms with van der Waals surface area (Å²) < 4.78 is 13.6. The maximum atomic E-state index is 12.7. The number of hydrogen-bond donors (Lipinski definition) is 1. The summed E-state index contributed by atoms with van der Waals surface area (Å²) in [5, 5.41) is 18.7. The third kappa shape index (κ3) is 6.50. The standard InChI is InChI=1S/C28H33N3O4/c1-4-5-6-15-31-18-22(29-30-31)19-34-23-10-7-20(8-11-23)9-12-25(32)24-16-21-13-14-28(2,3)35-27(21)17-26(24)33/h7-12,16-18,33H,4-6,13-15,19H2,1-3H3/b12-9+. The average molecular weight is 476 g/mol. The summed E-state index contributed by atoms with van der Waals surface area (Å²) in [6.07, 6.45) is 10.2. The molecular formula is C28H33N3O4. The molecule has 3 aromatic rings. The molecule has 184 valence electrons. The number of fused-ring (bicyclic) bond motifs is 1. The van der Waals surface area contributed by atoms with E-state index < -0.39 is 0 Å². The van der Waals surface area contributed by atoms with Gasteiger partial charge in [0.15, 0.2) is 5.78 Å². The fourth-order valence-electron chi connectivity index (χ4n) is 4.02. The SMILES string of the molecule is CCCCCn1cc(COc2ccc(/C=C/C(=O)c3cc4c(cc3O)OC(C)(C)CC4)cc2)nn1. The van der Waals surface area contributed by atoms with E-state index in [2.05, 4.69) is 17.2 Å². The van der Waals surface area contributed by atoms with Crippen molar-refractivity contribution in [2.75, 3.05) is 0 Å². The fraction of sp³-hybridized carbons (Fsp3) is 0.393. The minimum Gasteiger partial charge on any atom is -0.507 e. The van der Waals surface area contributed by atoms with Crippen LogP contribution in [0.1, 0.15) is 73.6 Å². The van der Waals surface area contributed by atoms with Gasteiger partial charge in [-0.2, -0.15) is 0 Å². The van der Waals surface area contributed by atoms with Crippen LogP contribution >= 0.6 is 0 Å². The predicted octanol–water partition coefficient (Wildman–Crippen LogP) is 5.75. The zero-order valence-electron chi connectivity index (χ0n) is 20.7. The minimum absolute atomic E-state index is 0.0675. The third-order valence-electron chi connectivity index (χ3n) is 6.10. The van der Waals surface area contributed by atoms with Crippen molar-refractivity contribution < 1.29 is 19.4 Å². The van der Waals surface area contributed by atoms with Gasteiger partial charge in [0.05, 0.1) is 11.8 Å². The lowest BCUT2D eigenvalue weighted by molar-refractivity contribution is 0.0842. The van der Waals surface area contributed by atoms with E-state index in [1.165, 1.54) is 18.9 Å². The van der Waals surface area contributed by atoms with Crippen molar-refractivity contribution in [1.29, 1.82) is 0 Å². The summed E-state index contributed by atoms with van der Waals surface area (Å²) in [5.41, 5.74) is 2.60. The van der Waals surface area contributed by atoms with E-state index in [1.54, 1.807) is 18.2 Å². The molecular weight excluding hydrogens is 442 g/mol. The van der Waals surface area contributed by atoms with E-state index in [0.29, 0.717) is 18.1 Å². The first-order valence-corrected chi connectivity index (χ1v) is 12.2. The van der Waals surface area contributed by atoms with E-state index in [4.69, 9.17) is 9.47 Å². The Hall–Kier alpha value is -3.61. The number of aromatic nitrogens is 3. The smallest absolute Gasteiger partial charge is 0.189 e. The summed E-state index contributed by atoms with van der Waals surface area (Å²) in [7, 11) is 0. The molecule has 0 amide bonds. The Morgan fingerprint density at radius 3 is 2.80 bits per heavy atom. The highest BCUT2D eigenvalue weighted by Crippen LogP contribution is 2.37. The summed E-state index contributed by atoms with van der Waals surface area (Å²) in [4.78, 5) is 12.7. The molecule has 0 spiro atoms. The van der Waals surface area contributed by atoms with Gasteiger partial charge in [0.2, 0.25) is 0 Å². The lowest BCUT2D eigenvalue weighted by atomic mass is 9.92. The molecule has 0 saturated carbocycles. The molecule has 0 bridgehead atoms. The van der Waals surface area contributed by atoms with Gasteiger partial charge in [-0.3, -0.25) is 9.48 Å². The van der Waals surface area contributed by atoms with Gasteiger partial charge in [0.1, 0.15) is 35.2 Å². The largest absolute Gasteiger partial charge is 0.507 e. The zero-order valence-corrected chi connectivity index (χ0v) is 20.7. The van der Waals surface area contributed by atoms with E-state index in [9.17, 15) is 9.90 Å². The number of aromatic hydroxyl groups is 1. The molecule has 0 aliphatic carbocycles. The van der Waals surface area contributed by atoms with Crippen molar-refractivity contribution in [1.82, 2.24) is 15.0 Å². The first-order valence-electron chi connectivity index (χ1n) is 12.2. The topological polar surface area (TPSA) is 86.5 Å². The van der Waals surface area contributed by atoms with E-state index in [-0.39, 0.29) is 22.7 Å². The Balaban J connectivity index is 1.33. The number of rotatable bonds is 10. The van der Waals surface area contributed by atoms with E-state index in [1.807, 2.05) is 49.0 Å². The summed E-state index contributed by atoms with van der Waals surface area (Å²) in [5.74, 6) is 1.04. The normalized spacial score (nSPS) is 14.5. The molecule has 2 aromatic carbocycles. The number of carbonyl (C=O) groups excluding carboxylic acids is 1. The second-order valence-corrected chi connectivity index (χ2v) is 9.57. The summed E-state index contributed by atoms with van der Waals surface area (Å²) >= 11 is 0. The van der Waals surface area contributed by atoms with Crippen LogP contribution in [0.3, 0.4) is 0 Å². The van der Waals surface area contributed by atoms with Crippen LogP contribution in [-0.2, 0) is 19.6 Å². The number of carbonyl (C=O) groups is 1. The van der Waals surface area contributed by atoms with Crippen molar-refractivity contribution in [2.45, 2.75) is 71.6 Å². The minimum atomic E-state index is -0.270. The lowest BCUT2D eigenvalue weighted by Gasteiger charge is -2.32. The van der Waals surface area contributed by atoms with Gasteiger partial charge in [0.25, 0.3) is 0 Å². The molecule has 35 heavy (non-hydrogen) atoms. The highest BCUT2D eigenvalue weighted by Gasteiger charge is 2.28. The number of benzene rings is 2. The summed E-state index contributed by atoms with van der Waals surface area (Å²) in [6.45, 7) is 7.43. The number of hydrogen-bond acceptors (Lipinski definition) is 6. The van der Waals surface area contributed by atoms with Crippen molar-refractivity contribution >= 4 is 11.9 Å². The molecule has 1 aromatic heterocycles. The molecule has 0 atom stereocenters. The Kier molecular flexibility index (Phi) is 7.54. The molecule has 7 nitrogen and oxygen atoms in total. The maximum absolute atomic E-state index is 12.7. The second kappa shape index (κ2) is 10.8. The van der Waals surface area contributed by atoms with Crippen molar-refractivity contribution in [3.8, 4) is 17.2 Å². The number of ether oxygens (including phenoxy) is 2. The van der Waals surface area contributed by atoms with Crippen molar-refractivity contribution in [3.63, 3.8) is 0 Å². The Morgan fingerprint density at radius 1 is 1.23 bits per heavy atom. The van der Waals surface area contributed by atoms with Gasteiger partial charge in [0, 0.05) is 12.6 Å². The number of aryl methyl sites for hydroxylation is 2. The Labute approximate surface area is 206 Å².